The first-order chi connectivity index (χ1) is 9.56. The van der Waals surface area contributed by atoms with E-state index < -0.39 is 0 Å². The highest BCUT2D eigenvalue weighted by molar-refractivity contribution is 5.78. The number of primary amides is 1. The molecule has 1 aliphatic heterocycles. The van der Waals surface area contributed by atoms with Crippen LogP contribution in [-0.2, 0) is 16.0 Å². The zero-order chi connectivity index (χ0) is 14.5. The maximum absolute atomic E-state index is 11.1. The molecule has 1 fully saturated rings. The fourth-order valence-corrected chi connectivity index (χ4v) is 2.65. The second-order valence-electron chi connectivity index (χ2n) is 5.82. The predicted molar refractivity (Wildman–Crippen MR) is 80.6 cm³/mol. The summed E-state index contributed by atoms with van der Waals surface area (Å²) >= 11 is 0. The maximum atomic E-state index is 11.1. The van der Waals surface area contributed by atoms with Gasteiger partial charge in [0.15, 0.2) is 0 Å². The van der Waals surface area contributed by atoms with Crippen molar-refractivity contribution in [3.05, 3.63) is 29.8 Å². The number of ether oxygens (including phenoxy) is 1. The Morgan fingerprint density at radius 3 is 2.90 bits per heavy atom. The molecule has 0 bridgehead atoms. The molecule has 0 radical (unpaired) electrons. The average Bonchev–Trinajstić information content (AvgIpc) is 2.41. The Kier molecular flexibility index (Phi) is 5.01. The zero-order valence-electron chi connectivity index (χ0n) is 12.3. The van der Waals surface area contributed by atoms with Crippen LogP contribution < -0.4 is 11.1 Å². The highest BCUT2D eigenvalue weighted by Gasteiger charge is 2.25. The first-order valence-corrected chi connectivity index (χ1v) is 7.30. The summed E-state index contributed by atoms with van der Waals surface area (Å²) in [4.78, 5) is 11.1. The maximum Gasteiger partial charge on any atom is 0.221 e. The first-order valence-electron chi connectivity index (χ1n) is 7.30. The summed E-state index contributed by atoms with van der Waals surface area (Å²) in [6.07, 6.45) is 2.58. The van der Waals surface area contributed by atoms with E-state index in [0.717, 1.165) is 30.7 Å². The summed E-state index contributed by atoms with van der Waals surface area (Å²) in [7, 11) is 0. The van der Waals surface area contributed by atoms with Gasteiger partial charge in [-0.3, -0.25) is 4.79 Å². The fraction of sp³-hybridized carbons (Fsp3) is 0.562. The molecule has 3 N–H and O–H groups in total. The molecule has 2 atom stereocenters. The van der Waals surface area contributed by atoms with Crippen LogP contribution in [0.2, 0.25) is 0 Å². The molecular weight excluding hydrogens is 252 g/mol. The SMILES string of the molecule is CC(C)C1CC(Nc2ccccc2CC(N)=O)CCO1. The quantitative estimate of drug-likeness (QED) is 0.867. The van der Waals surface area contributed by atoms with E-state index >= 15 is 0 Å². The molecule has 0 saturated carbocycles. The summed E-state index contributed by atoms with van der Waals surface area (Å²) in [5.41, 5.74) is 7.28. The molecule has 4 heteroatoms. The monoisotopic (exact) mass is 276 g/mol. The van der Waals surface area contributed by atoms with Crippen molar-refractivity contribution in [3.63, 3.8) is 0 Å². The number of nitrogens with one attached hydrogen (secondary N) is 1. The van der Waals surface area contributed by atoms with E-state index in [-0.39, 0.29) is 12.3 Å². The van der Waals surface area contributed by atoms with Crippen molar-refractivity contribution in [2.24, 2.45) is 11.7 Å². The Morgan fingerprint density at radius 1 is 1.45 bits per heavy atom. The number of amides is 1. The summed E-state index contributed by atoms with van der Waals surface area (Å²) in [6.45, 7) is 5.17. The lowest BCUT2D eigenvalue weighted by atomic mass is 9.95. The molecule has 1 amide bonds. The van der Waals surface area contributed by atoms with Gasteiger partial charge >= 0.3 is 0 Å². The molecule has 2 unspecified atom stereocenters. The number of nitrogens with two attached hydrogens (primary N) is 1. The van der Waals surface area contributed by atoms with Crippen molar-refractivity contribution in [3.8, 4) is 0 Å². The number of rotatable bonds is 5. The van der Waals surface area contributed by atoms with Crippen LogP contribution in [0.1, 0.15) is 32.3 Å². The van der Waals surface area contributed by atoms with E-state index in [1.807, 2.05) is 24.3 Å². The normalized spacial score (nSPS) is 22.8. The van der Waals surface area contributed by atoms with Crippen molar-refractivity contribution < 1.29 is 9.53 Å². The largest absolute Gasteiger partial charge is 0.382 e. The molecule has 1 aliphatic rings. The van der Waals surface area contributed by atoms with Crippen molar-refractivity contribution in [1.29, 1.82) is 0 Å². The summed E-state index contributed by atoms with van der Waals surface area (Å²) < 4.78 is 5.79. The first kappa shape index (κ1) is 14.9. The van der Waals surface area contributed by atoms with Crippen LogP contribution in [-0.4, -0.2) is 24.7 Å². The highest BCUT2D eigenvalue weighted by atomic mass is 16.5. The minimum absolute atomic E-state index is 0.278. The van der Waals surface area contributed by atoms with Gasteiger partial charge in [0.05, 0.1) is 12.5 Å². The van der Waals surface area contributed by atoms with E-state index in [4.69, 9.17) is 10.5 Å². The van der Waals surface area contributed by atoms with Gasteiger partial charge in [-0.25, -0.2) is 0 Å². The standard InChI is InChI=1S/C16H24N2O2/c1-11(2)15-10-13(7-8-20-15)18-14-6-4-3-5-12(14)9-16(17)19/h3-6,11,13,15,18H,7-10H2,1-2H3,(H2,17,19). The van der Waals surface area contributed by atoms with E-state index in [9.17, 15) is 4.79 Å². The molecule has 1 aromatic carbocycles. The molecular formula is C16H24N2O2. The predicted octanol–water partition coefficient (Wildman–Crippen LogP) is 2.33. The van der Waals surface area contributed by atoms with Gasteiger partial charge in [-0.2, -0.15) is 0 Å². The summed E-state index contributed by atoms with van der Waals surface area (Å²) in [5.74, 6) is 0.228. The van der Waals surface area contributed by atoms with E-state index in [1.54, 1.807) is 0 Å². The van der Waals surface area contributed by atoms with Crippen molar-refractivity contribution in [1.82, 2.24) is 0 Å². The second-order valence-corrected chi connectivity index (χ2v) is 5.82. The van der Waals surface area contributed by atoms with Gasteiger partial charge in [-0.05, 0) is 30.4 Å². The van der Waals surface area contributed by atoms with Crippen LogP contribution in [0.4, 0.5) is 5.69 Å². The number of carbonyl (C=O) groups is 1. The molecule has 20 heavy (non-hydrogen) atoms. The van der Waals surface area contributed by atoms with Gasteiger partial charge in [0, 0.05) is 18.3 Å². The number of hydrogen-bond acceptors (Lipinski definition) is 3. The van der Waals surface area contributed by atoms with E-state index in [1.165, 1.54) is 0 Å². The lowest BCUT2D eigenvalue weighted by Gasteiger charge is -2.33. The van der Waals surface area contributed by atoms with Gasteiger partial charge in [-0.15, -0.1) is 0 Å². The Morgan fingerprint density at radius 2 is 2.20 bits per heavy atom. The van der Waals surface area contributed by atoms with Gasteiger partial charge in [0.2, 0.25) is 5.91 Å². The third kappa shape index (κ3) is 3.97. The van der Waals surface area contributed by atoms with Crippen LogP contribution in [0.3, 0.4) is 0 Å². The van der Waals surface area contributed by atoms with Crippen molar-refractivity contribution in [2.45, 2.75) is 45.3 Å². The highest BCUT2D eigenvalue weighted by Crippen LogP contribution is 2.25. The Bertz CT molecular complexity index is 460. The Balaban J connectivity index is 2.04. The lowest BCUT2D eigenvalue weighted by Crippen LogP contribution is -2.36. The van der Waals surface area contributed by atoms with E-state index in [2.05, 4.69) is 19.2 Å². The van der Waals surface area contributed by atoms with Gasteiger partial charge in [0.1, 0.15) is 0 Å². The lowest BCUT2D eigenvalue weighted by molar-refractivity contribution is -0.117. The molecule has 1 saturated heterocycles. The molecule has 0 aliphatic carbocycles. The molecule has 1 aromatic rings. The number of para-hydroxylation sites is 1. The van der Waals surface area contributed by atoms with Crippen LogP contribution in [0.25, 0.3) is 0 Å². The van der Waals surface area contributed by atoms with Crippen LogP contribution >= 0.6 is 0 Å². The number of carbonyl (C=O) groups excluding carboxylic acids is 1. The molecule has 110 valence electrons. The van der Waals surface area contributed by atoms with Crippen molar-refractivity contribution in [2.75, 3.05) is 11.9 Å². The summed E-state index contributed by atoms with van der Waals surface area (Å²) in [6, 6.07) is 8.27. The number of benzene rings is 1. The van der Waals surface area contributed by atoms with E-state index in [0.29, 0.717) is 18.1 Å². The molecule has 2 rings (SSSR count). The third-order valence-electron chi connectivity index (χ3n) is 3.80. The number of hydrogen-bond donors (Lipinski definition) is 2. The molecule has 1 heterocycles. The van der Waals surface area contributed by atoms with Crippen LogP contribution in [0.5, 0.6) is 0 Å². The van der Waals surface area contributed by atoms with Gasteiger partial charge < -0.3 is 15.8 Å². The fourth-order valence-electron chi connectivity index (χ4n) is 2.65. The van der Waals surface area contributed by atoms with Crippen LogP contribution in [0.15, 0.2) is 24.3 Å². The number of anilines is 1. The Labute approximate surface area is 120 Å². The van der Waals surface area contributed by atoms with Gasteiger partial charge in [-0.1, -0.05) is 32.0 Å². The Hall–Kier alpha value is -1.55. The summed E-state index contributed by atoms with van der Waals surface area (Å²) in [5, 5.41) is 3.55. The molecule has 0 aromatic heterocycles. The molecule has 4 nitrogen and oxygen atoms in total. The zero-order valence-corrected chi connectivity index (χ0v) is 12.3. The van der Waals surface area contributed by atoms with Crippen LogP contribution in [0, 0.1) is 5.92 Å². The topological polar surface area (TPSA) is 64.3 Å². The van der Waals surface area contributed by atoms with Crippen molar-refractivity contribution >= 4 is 11.6 Å². The molecule has 0 spiro atoms. The minimum atomic E-state index is -0.300. The average molecular weight is 276 g/mol. The minimum Gasteiger partial charge on any atom is -0.382 e. The smallest absolute Gasteiger partial charge is 0.221 e. The van der Waals surface area contributed by atoms with Gasteiger partial charge in [0.25, 0.3) is 0 Å². The third-order valence-corrected chi connectivity index (χ3v) is 3.80. The second kappa shape index (κ2) is 6.75.